The molecule has 1 fully saturated rings. The Morgan fingerprint density at radius 3 is 2.56 bits per heavy atom. The fraction of sp³-hybridized carbons (Fsp3) is 0.280. The van der Waals surface area contributed by atoms with Crippen LogP contribution in [0.2, 0.25) is 0 Å². The third kappa shape index (κ3) is 3.58. The summed E-state index contributed by atoms with van der Waals surface area (Å²) in [6.07, 6.45) is 0. The van der Waals surface area contributed by atoms with Gasteiger partial charge < -0.3 is 19.8 Å². The van der Waals surface area contributed by atoms with Crippen molar-refractivity contribution in [1.29, 1.82) is 0 Å². The zero-order chi connectivity index (χ0) is 22.4. The quantitative estimate of drug-likeness (QED) is 0.463. The summed E-state index contributed by atoms with van der Waals surface area (Å²) < 4.78 is 14.0. The van der Waals surface area contributed by atoms with Gasteiger partial charge in [0.05, 0.1) is 16.7 Å². The second kappa shape index (κ2) is 7.91. The number of ketones is 1. The highest BCUT2D eigenvalue weighted by molar-refractivity contribution is 6.05. The van der Waals surface area contributed by atoms with E-state index in [4.69, 9.17) is 4.98 Å². The number of Topliss-reactive ketones (excluding diaryl/α,β-unsaturated/α-hetero) is 1. The fourth-order valence-corrected chi connectivity index (χ4v) is 4.55. The highest BCUT2D eigenvalue weighted by Gasteiger charge is 2.23. The SMILES string of the molecule is CC(=O)c1c(C)[nH]c(-c2nc3ccc(N4CCN(C)CC4)cc3[nH]2)c1-c1cccc(F)c1. The minimum Gasteiger partial charge on any atom is -0.369 e. The first kappa shape index (κ1) is 20.5. The normalized spacial score (nSPS) is 14.9. The Balaban J connectivity index is 1.61. The minimum atomic E-state index is -0.344. The number of halogens is 1. The number of aryl methyl sites for hydroxylation is 1. The van der Waals surface area contributed by atoms with Gasteiger partial charge in [0, 0.05) is 48.7 Å². The molecule has 1 aliphatic heterocycles. The van der Waals surface area contributed by atoms with Gasteiger partial charge in [0.2, 0.25) is 0 Å². The molecule has 164 valence electrons. The maximum atomic E-state index is 14.0. The number of carbonyl (C=O) groups excluding carboxylic acids is 1. The molecule has 3 heterocycles. The van der Waals surface area contributed by atoms with E-state index < -0.39 is 0 Å². The van der Waals surface area contributed by atoms with Crippen molar-refractivity contribution in [2.75, 3.05) is 38.1 Å². The van der Waals surface area contributed by atoms with E-state index in [-0.39, 0.29) is 11.6 Å². The number of likely N-dealkylation sites (N-methyl/N-ethyl adjacent to an activating group) is 1. The largest absolute Gasteiger partial charge is 0.369 e. The first-order valence-electron chi connectivity index (χ1n) is 10.8. The summed E-state index contributed by atoms with van der Waals surface area (Å²) in [5.74, 6) is 0.214. The second-order valence-corrected chi connectivity index (χ2v) is 8.52. The molecule has 0 bridgehead atoms. The maximum absolute atomic E-state index is 14.0. The smallest absolute Gasteiger partial charge is 0.162 e. The van der Waals surface area contributed by atoms with E-state index in [1.165, 1.54) is 24.7 Å². The number of fused-ring (bicyclic) bond motifs is 1. The van der Waals surface area contributed by atoms with Crippen molar-refractivity contribution < 1.29 is 9.18 Å². The average Bonchev–Trinajstić information content (AvgIpc) is 3.34. The first-order chi connectivity index (χ1) is 15.4. The van der Waals surface area contributed by atoms with Crippen molar-refractivity contribution in [3.8, 4) is 22.6 Å². The molecule has 0 unspecified atom stereocenters. The number of carbonyl (C=O) groups is 1. The van der Waals surface area contributed by atoms with Crippen molar-refractivity contribution in [2.45, 2.75) is 13.8 Å². The van der Waals surface area contributed by atoms with Crippen molar-refractivity contribution in [2.24, 2.45) is 0 Å². The van der Waals surface area contributed by atoms with Crippen LogP contribution in [0.15, 0.2) is 42.5 Å². The van der Waals surface area contributed by atoms with Gasteiger partial charge in [-0.1, -0.05) is 12.1 Å². The van der Waals surface area contributed by atoms with Crippen LogP contribution in [-0.2, 0) is 0 Å². The molecule has 32 heavy (non-hydrogen) atoms. The third-order valence-electron chi connectivity index (χ3n) is 6.22. The molecule has 0 spiro atoms. The van der Waals surface area contributed by atoms with E-state index in [0.717, 1.165) is 42.9 Å². The first-order valence-corrected chi connectivity index (χ1v) is 10.8. The van der Waals surface area contributed by atoms with Crippen LogP contribution in [0, 0.1) is 12.7 Å². The van der Waals surface area contributed by atoms with Gasteiger partial charge in [0.25, 0.3) is 0 Å². The van der Waals surface area contributed by atoms with E-state index in [1.807, 2.05) is 19.1 Å². The zero-order valence-electron chi connectivity index (χ0n) is 18.5. The van der Waals surface area contributed by atoms with E-state index in [1.54, 1.807) is 6.07 Å². The molecule has 4 aromatic rings. The summed E-state index contributed by atoms with van der Waals surface area (Å²) in [5.41, 5.74) is 6.25. The third-order valence-corrected chi connectivity index (χ3v) is 6.22. The van der Waals surface area contributed by atoms with Gasteiger partial charge in [0.15, 0.2) is 11.6 Å². The molecule has 5 rings (SSSR count). The number of H-pyrrole nitrogens is 2. The van der Waals surface area contributed by atoms with Crippen LogP contribution in [0.1, 0.15) is 23.0 Å². The molecule has 0 aliphatic carbocycles. The zero-order valence-corrected chi connectivity index (χ0v) is 18.5. The molecular formula is C25H26FN5O. The Hall–Kier alpha value is -3.45. The monoisotopic (exact) mass is 431 g/mol. The van der Waals surface area contributed by atoms with E-state index in [0.29, 0.717) is 28.2 Å². The van der Waals surface area contributed by atoms with Crippen molar-refractivity contribution in [1.82, 2.24) is 19.9 Å². The van der Waals surface area contributed by atoms with Crippen molar-refractivity contribution in [3.63, 3.8) is 0 Å². The van der Waals surface area contributed by atoms with Crippen LogP contribution in [0.4, 0.5) is 10.1 Å². The molecule has 6 nitrogen and oxygen atoms in total. The minimum absolute atomic E-state index is 0.0716. The highest BCUT2D eigenvalue weighted by atomic mass is 19.1. The summed E-state index contributed by atoms with van der Waals surface area (Å²) >= 11 is 0. The Labute approximate surface area is 186 Å². The number of piperazine rings is 1. The van der Waals surface area contributed by atoms with Crippen LogP contribution < -0.4 is 4.90 Å². The molecular weight excluding hydrogens is 405 g/mol. The summed E-state index contributed by atoms with van der Waals surface area (Å²) in [5, 5.41) is 0. The Morgan fingerprint density at radius 1 is 1.06 bits per heavy atom. The van der Waals surface area contributed by atoms with Gasteiger partial charge in [-0.05, 0) is 56.8 Å². The predicted molar refractivity (Wildman–Crippen MR) is 126 cm³/mol. The molecule has 0 radical (unpaired) electrons. The fourth-order valence-electron chi connectivity index (χ4n) is 4.55. The average molecular weight is 432 g/mol. The van der Waals surface area contributed by atoms with Gasteiger partial charge in [0.1, 0.15) is 5.82 Å². The van der Waals surface area contributed by atoms with Crippen LogP contribution in [-0.4, -0.2) is 58.9 Å². The molecule has 2 N–H and O–H groups in total. The van der Waals surface area contributed by atoms with E-state index in [2.05, 4.69) is 38.9 Å². The molecule has 1 saturated heterocycles. The number of hydrogen-bond acceptors (Lipinski definition) is 4. The Kier molecular flexibility index (Phi) is 5.06. The molecule has 2 aromatic heterocycles. The maximum Gasteiger partial charge on any atom is 0.162 e. The molecule has 0 atom stereocenters. The number of benzene rings is 2. The van der Waals surface area contributed by atoms with Crippen LogP contribution in [0.3, 0.4) is 0 Å². The number of rotatable bonds is 4. The number of nitrogens with zero attached hydrogens (tertiary/aromatic N) is 3. The molecule has 7 heteroatoms. The summed E-state index contributed by atoms with van der Waals surface area (Å²) in [6.45, 7) is 7.45. The number of nitrogens with one attached hydrogen (secondary N) is 2. The van der Waals surface area contributed by atoms with Crippen molar-refractivity contribution in [3.05, 3.63) is 59.5 Å². The van der Waals surface area contributed by atoms with Gasteiger partial charge >= 0.3 is 0 Å². The molecule has 1 aliphatic rings. The lowest BCUT2D eigenvalue weighted by atomic mass is 9.97. The van der Waals surface area contributed by atoms with Gasteiger partial charge in [-0.25, -0.2) is 9.37 Å². The summed E-state index contributed by atoms with van der Waals surface area (Å²) in [7, 11) is 2.14. The van der Waals surface area contributed by atoms with E-state index >= 15 is 0 Å². The lowest BCUT2D eigenvalue weighted by Crippen LogP contribution is -2.44. The highest BCUT2D eigenvalue weighted by Crippen LogP contribution is 2.37. The summed E-state index contributed by atoms with van der Waals surface area (Å²) in [6, 6.07) is 12.6. The number of aromatic amines is 2. The van der Waals surface area contributed by atoms with Crippen LogP contribution in [0.25, 0.3) is 33.7 Å². The Bertz CT molecular complexity index is 1310. The topological polar surface area (TPSA) is 68.0 Å². The molecule has 2 aromatic carbocycles. The molecule has 0 saturated carbocycles. The number of imidazole rings is 1. The van der Waals surface area contributed by atoms with Crippen LogP contribution in [0.5, 0.6) is 0 Å². The van der Waals surface area contributed by atoms with Gasteiger partial charge in [-0.2, -0.15) is 0 Å². The van der Waals surface area contributed by atoms with Crippen molar-refractivity contribution >= 4 is 22.5 Å². The number of aromatic nitrogens is 3. The van der Waals surface area contributed by atoms with Gasteiger partial charge in [-0.15, -0.1) is 0 Å². The second-order valence-electron chi connectivity index (χ2n) is 8.52. The standard InChI is InChI=1S/C25H26FN5O/c1-15-22(16(2)32)23(17-5-4-6-18(26)13-17)24(27-15)25-28-20-8-7-19(14-21(20)29-25)31-11-9-30(3)10-12-31/h4-8,13-14,27H,9-12H2,1-3H3,(H,28,29). The predicted octanol–water partition coefficient (Wildman–Crippen LogP) is 4.63. The Morgan fingerprint density at radius 2 is 1.84 bits per heavy atom. The summed E-state index contributed by atoms with van der Waals surface area (Å²) in [4.78, 5) is 28.7. The molecule has 0 amide bonds. The number of hydrogen-bond donors (Lipinski definition) is 2. The van der Waals surface area contributed by atoms with Crippen LogP contribution >= 0.6 is 0 Å². The van der Waals surface area contributed by atoms with Gasteiger partial charge in [-0.3, -0.25) is 4.79 Å². The lowest BCUT2D eigenvalue weighted by molar-refractivity contribution is 0.101. The lowest BCUT2D eigenvalue weighted by Gasteiger charge is -2.34. The van der Waals surface area contributed by atoms with E-state index in [9.17, 15) is 9.18 Å². The number of anilines is 1.